The van der Waals surface area contributed by atoms with Crippen LogP contribution in [0.2, 0.25) is 0 Å². The van der Waals surface area contributed by atoms with E-state index in [1.54, 1.807) is 42.5 Å². The van der Waals surface area contributed by atoms with Gasteiger partial charge in [-0.2, -0.15) is 4.98 Å². The summed E-state index contributed by atoms with van der Waals surface area (Å²) in [6, 6.07) is 19.3. The molecule has 0 aliphatic heterocycles. The fourth-order valence-electron chi connectivity index (χ4n) is 3.17. The number of benzene rings is 3. The lowest BCUT2D eigenvalue weighted by Crippen LogP contribution is -2.13. The first-order valence-electron chi connectivity index (χ1n) is 9.10. The van der Waals surface area contributed by atoms with E-state index in [-0.39, 0.29) is 10.8 Å². The van der Waals surface area contributed by atoms with E-state index >= 15 is 0 Å². The lowest BCUT2D eigenvalue weighted by molar-refractivity contribution is 0.601. The average molecular weight is 420 g/mol. The number of nitrogens with zero attached hydrogens (tertiary/aromatic N) is 2. The number of fused-ring (bicyclic) bond motifs is 1. The molecule has 0 aliphatic carbocycles. The standard InChI is InChI=1S/C21H20N6O2S/c1-13-6-9-15(10-7-13)30(28,29)27-19-5-3-2-4-16(19)14-8-11-18-17(12-14)20(26-23)25-21(22)24-18/h2-12,27H,23H2,1H3,(H3,22,24,25,26). The Morgan fingerprint density at radius 1 is 0.933 bits per heavy atom. The lowest BCUT2D eigenvalue weighted by Gasteiger charge is -2.14. The van der Waals surface area contributed by atoms with Crippen molar-refractivity contribution in [3.63, 3.8) is 0 Å². The van der Waals surface area contributed by atoms with Gasteiger partial charge in [0.25, 0.3) is 10.0 Å². The number of aromatic nitrogens is 2. The van der Waals surface area contributed by atoms with E-state index in [2.05, 4.69) is 20.1 Å². The third-order valence-electron chi connectivity index (χ3n) is 4.66. The van der Waals surface area contributed by atoms with Gasteiger partial charge >= 0.3 is 0 Å². The summed E-state index contributed by atoms with van der Waals surface area (Å²) < 4.78 is 28.4. The van der Waals surface area contributed by atoms with Crippen molar-refractivity contribution < 1.29 is 8.42 Å². The second-order valence-corrected chi connectivity index (χ2v) is 8.45. The summed E-state index contributed by atoms with van der Waals surface area (Å²) in [5, 5.41) is 0.667. The summed E-state index contributed by atoms with van der Waals surface area (Å²) >= 11 is 0. The summed E-state index contributed by atoms with van der Waals surface area (Å²) in [7, 11) is -3.75. The second kappa shape index (κ2) is 7.62. The Morgan fingerprint density at radius 3 is 2.40 bits per heavy atom. The van der Waals surface area contributed by atoms with Crippen LogP contribution >= 0.6 is 0 Å². The maximum Gasteiger partial charge on any atom is 0.261 e. The average Bonchev–Trinajstić information content (AvgIpc) is 2.73. The molecule has 0 bridgehead atoms. The molecule has 4 aromatic rings. The van der Waals surface area contributed by atoms with E-state index < -0.39 is 10.0 Å². The topological polar surface area (TPSA) is 136 Å². The molecule has 0 atom stereocenters. The first-order chi connectivity index (χ1) is 14.4. The number of nitrogen functional groups attached to an aromatic ring is 2. The first-order valence-corrected chi connectivity index (χ1v) is 10.6. The van der Waals surface area contributed by atoms with Gasteiger partial charge in [-0.3, -0.25) is 4.72 Å². The first kappa shape index (κ1) is 19.6. The lowest BCUT2D eigenvalue weighted by atomic mass is 10.0. The zero-order chi connectivity index (χ0) is 21.3. The highest BCUT2D eigenvalue weighted by Crippen LogP contribution is 2.33. The van der Waals surface area contributed by atoms with Crippen molar-refractivity contribution in [1.82, 2.24) is 9.97 Å². The Hall–Kier alpha value is -3.69. The van der Waals surface area contributed by atoms with E-state index in [0.29, 0.717) is 28.0 Å². The van der Waals surface area contributed by atoms with Gasteiger partial charge < -0.3 is 11.2 Å². The van der Waals surface area contributed by atoms with Crippen LogP contribution in [0, 0.1) is 6.92 Å². The molecule has 6 N–H and O–H groups in total. The van der Waals surface area contributed by atoms with Crippen LogP contribution in [-0.4, -0.2) is 18.4 Å². The van der Waals surface area contributed by atoms with Gasteiger partial charge in [0, 0.05) is 10.9 Å². The minimum atomic E-state index is -3.75. The van der Waals surface area contributed by atoms with Crippen LogP contribution < -0.4 is 21.7 Å². The molecule has 0 fully saturated rings. The smallest absolute Gasteiger partial charge is 0.261 e. The van der Waals surface area contributed by atoms with Crippen LogP contribution in [0.3, 0.4) is 0 Å². The number of para-hydroxylation sites is 1. The molecule has 0 saturated heterocycles. The van der Waals surface area contributed by atoms with Gasteiger partial charge in [-0.05, 0) is 42.8 Å². The van der Waals surface area contributed by atoms with Crippen molar-refractivity contribution in [2.75, 3.05) is 15.9 Å². The summed E-state index contributed by atoms with van der Waals surface area (Å²) in [5.41, 5.74) is 11.8. The van der Waals surface area contributed by atoms with Crippen LogP contribution in [0.5, 0.6) is 0 Å². The molecule has 4 rings (SSSR count). The van der Waals surface area contributed by atoms with Crippen LogP contribution in [0.1, 0.15) is 5.56 Å². The summed E-state index contributed by atoms with van der Waals surface area (Å²) in [6.45, 7) is 1.90. The zero-order valence-electron chi connectivity index (χ0n) is 16.1. The van der Waals surface area contributed by atoms with E-state index in [1.165, 1.54) is 0 Å². The van der Waals surface area contributed by atoms with Crippen LogP contribution in [0.25, 0.3) is 22.0 Å². The van der Waals surface area contributed by atoms with Gasteiger partial charge in [0.15, 0.2) is 5.82 Å². The molecule has 1 aromatic heterocycles. The number of nitrogens with one attached hydrogen (secondary N) is 2. The molecule has 0 saturated carbocycles. The number of nitrogens with two attached hydrogens (primary N) is 2. The van der Waals surface area contributed by atoms with E-state index in [9.17, 15) is 8.42 Å². The van der Waals surface area contributed by atoms with Crippen LogP contribution in [0.4, 0.5) is 17.5 Å². The van der Waals surface area contributed by atoms with Crippen LogP contribution in [0.15, 0.2) is 71.6 Å². The van der Waals surface area contributed by atoms with Gasteiger partial charge in [-0.15, -0.1) is 0 Å². The zero-order valence-corrected chi connectivity index (χ0v) is 16.9. The Bertz CT molecular complexity index is 1340. The van der Waals surface area contributed by atoms with Gasteiger partial charge in [-0.25, -0.2) is 19.2 Å². The highest BCUT2D eigenvalue weighted by Gasteiger charge is 2.17. The number of sulfonamides is 1. The van der Waals surface area contributed by atoms with E-state index in [4.69, 9.17) is 11.6 Å². The van der Waals surface area contributed by atoms with Gasteiger partial charge in [0.1, 0.15) is 0 Å². The summed E-state index contributed by atoms with van der Waals surface area (Å²) in [5.74, 6) is 6.07. The maximum atomic E-state index is 12.9. The van der Waals surface area contributed by atoms with Gasteiger partial charge in [-0.1, -0.05) is 42.0 Å². The molecule has 9 heteroatoms. The van der Waals surface area contributed by atoms with Crippen molar-refractivity contribution in [1.29, 1.82) is 0 Å². The molecule has 0 aliphatic rings. The maximum absolute atomic E-state index is 12.9. The van der Waals surface area contributed by atoms with Crippen molar-refractivity contribution in [3.05, 3.63) is 72.3 Å². The largest absolute Gasteiger partial charge is 0.368 e. The van der Waals surface area contributed by atoms with Gasteiger partial charge in [0.05, 0.1) is 16.1 Å². The number of rotatable bonds is 5. The minimum absolute atomic E-state index is 0.106. The molecule has 0 spiro atoms. The molecule has 0 radical (unpaired) electrons. The number of hydrazine groups is 1. The minimum Gasteiger partial charge on any atom is -0.368 e. The predicted molar refractivity (Wildman–Crippen MR) is 119 cm³/mol. The third kappa shape index (κ3) is 3.76. The summed E-state index contributed by atoms with van der Waals surface area (Å²) in [6.07, 6.45) is 0. The highest BCUT2D eigenvalue weighted by molar-refractivity contribution is 7.92. The fraction of sp³-hybridized carbons (Fsp3) is 0.0476. The van der Waals surface area contributed by atoms with E-state index in [0.717, 1.165) is 11.1 Å². The van der Waals surface area contributed by atoms with Crippen molar-refractivity contribution in [3.8, 4) is 11.1 Å². The molecule has 30 heavy (non-hydrogen) atoms. The molecular weight excluding hydrogens is 400 g/mol. The Balaban J connectivity index is 1.79. The number of aryl methyl sites for hydroxylation is 1. The van der Waals surface area contributed by atoms with Crippen molar-refractivity contribution in [2.24, 2.45) is 5.84 Å². The molecule has 0 amide bonds. The molecule has 3 aromatic carbocycles. The Kier molecular flexibility index (Phi) is 4.98. The SMILES string of the molecule is Cc1ccc(S(=O)(=O)Nc2ccccc2-c2ccc3nc(N)nc(NN)c3c2)cc1. The predicted octanol–water partition coefficient (Wildman–Crippen LogP) is 3.27. The van der Waals surface area contributed by atoms with Gasteiger partial charge in [0.2, 0.25) is 5.95 Å². The molecule has 0 unspecified atom stereocenters. The van der Waals surface area contributed by atoms with Crippen molar-refractivity contribution >= 4 is 38.4 Å². The molecule has 152 valence electrons. The summed E-state index contributed by atoms with van der Waals surface area (Å²) in [4.78, 5) is 8.50. The molecular formula is C21H20N6O2S. The van der Waals surface area contributed by atoms with Crippen LogP contribution in [-0.2, 0) is 10.0 Å². The fourth-order valence-corrected chi connectivity index (χ4v) is 4.25. The normalized spacial score (nSPS) is 11.4. The van der Waals surface area contributed by atoms with Crippen molar-refractivity contribution in [2.45, 2.75) is 11.8 Å². The Labute approximate surface area is 174 Å². The molecule has 8 nitrogen and oxygen atoms in total. The number of anilines is 3. The number of hydrogen-bond acceptors (Lipinski definition) is 7. The quantitative estimate of drug-likeness (QED) is 0.287. The number of hydrogen-bond donors (Lipinski definition) is 4. The molecule has 1 heterocycles. The monoisotopic (exact) mass is 420 g/mol. The second-order valence-electron chi connectivity index (χ2n) is 6.77. The third-order valence-corrected chi connectivity index (χ3v) is 6.04. The highest BCUT2D eigenvalue weighted by atomic mass is 32.2. The Morgan fingerprint density at radius 2 is 1.67 bits per heavy atom. The van der Waals surface area contributed by atoms with E-state index in [1.807, 2.05) is 31.2 Å².